The molecule has 0 aromatic heterocycles. The predicted octanol–water partition coefficient (Wildman–Crippen LogP) is 3.38. The van der Waals surface area contributed by atoms with Crippen LogP contribution in [0.1, 0.15) is 5.56 Å². The fraction of sp³-hybridized carbons (Fsp3) is 0.182. The molecule has 0 amide bonds. The molecule has 3 aromatic carbocycles. The first kappa shape index (κ1) is 22.7. The van der Waals surface area contributed by atoms with Gasteiger partial charge >= 0.3 is 0 Å². The van der Waals surface area contributed by atoms with E-state index in [1.54, 1.807) is 18.2 Å². The van der Waals surface area contributed by atoms with Crippen molar-refractivity contribution in [2.45, 2.75) is 16.7 Å². The molecule has 4 rings (SSSR count). The summed E-state index contributed by atoms with van der Waals surface area (Å²) in [7, 11) is -6.40. The summed E-state index contributed by atoms with van der Waals surface area (Å²) in [4.78, 5) is -0.0370. The number of hydrogen-bond donors (Lipinski definition) is 2. The van der Waals surface area contributed by atoms with E-state index in [9.17, 15) is 16.8 Å². The number of fused-ring (bicyclic) bond motifs is 1. The predicted molar refractivity (Wildman–Crippen MR) is 123 cm³/mol. The molecule has 3 aromatic rings. The summed E-state index contributed by atoms with van der Waals surface area (Å²) < 4.78 is 72.1. The molecule has 2 N–H and O–H groups in total. The topological polar surface area (TPSA) is 120 Å². The molecule has 33 heavy (non-hydrogen) atoms. The summed E-state index contributed by atoms with van der Waals surface area (Å²) >= 11 is 0. The number of aryl methyl sites for hydroxylation is 1. The lowest BCUT2D eigenvalue weighted by Crippen LogP contribution is -2.17. The van der Waals surface area contributed by atoms with Gasteiger partial charge in [0.25, 0.3) is 20.0 Å². The molecule has 1 aliphatic heterocycles. The van der Waals surface area contributed by atoms with Crippen LogP contribution >= 0.6 is 0 Å². The van der Waals surface area contributed by atoms with Crippen LogP contribution in [0.25, 0.3) is 0 Å². The Labute approximate surface area is 192 Å². The molecule has 0 saturated carbocycles. The second-order valence-corrected chi connectivity index (χ2v) is 10.6. The molecule has 0 unspecified atom stereocenters. The number of benzene rings is 3. The Morgan fingerprint density at radius 2 is 1.39 bits per heavy atom. The molecule has 1 heterocycles. The molecule has 0 atom stereocenters. The summed E-state index contributed by atoms with van der Waals surface area (Å²) in [6.45, 7) is 2.57. The molecule has 0 bridgehead atoms. The van der Waals surface area contributed by atoms with E-state index < -0.39 is 20.0 Å². The Hall–Kier alpha value is -3.44. The van der Waals surface area contributed by atoms with Crippen LogP contribution in [-0.4, -0.2) is 37.2 Å². The monoisotopic (exact) mass is 490 g/mol. The fourth-order valence-electron chi connectivity index (χ4n) is 3.21. The number of sulfonamides is 2. The lowest BCUT2D eigenvalue weighted by Gasteiger charge is -2.19. The van der Waals surface area contributed by atoms with Gasteiger partial charge in [-0.15, -0.1) is 0 Å². The van der Waals surface area contributed by atoms with Gasteiger partial charge in [-0.2, -0.15) is 0 Å². The Morgan fingerprint density at radius 1 is 0.758 bits per heavy atom. The van der Waals surface area contributed by atoms with Crippen LogP contribution in [0, 0.1) is 6.92 Å². The van der Waals surface area contributed by atoms with E-state index in [0.717, 1.165) is 5.56 Å². The molecule has 0 aliphatic carbocycles. The number of nitrogens with one attached hydrogen (secondary N) is 2. The fourth-order valence-corrected chi connectivity index (χ4v) is 5.35. The Balaban J connectivity index is 1.53. The molecule has 174 valence electrons. The first-order chi connectivity index (χ1) is 15.7. The third kappa shape index (κ3) is 4.99. The van der Waals surface area contributed by atoms with Crippen LogP contribution in [-0.2, 0) is 20.0 Å². The largest absolute Gasteiger partial charge is 0.495 e. The van der Waals surface area contributed by atoms with E-state index in [4.69, 9.17) is 14.2 Å². The van der Waals surface area contributed by atoms with Gasteiger partial charge in [-0.05, 0) is 61.0 Å². The summed E-state index contributed by atoms with van der Waals surface area (Å²) in [6.07, 6.45) is 0. The molecule has 0 radical (unpaired) electrons. The molecule has 1 aliphatic rings. The van der Waals surface area contributed by atoms with Gasteiger partial charge in [-0.1, -0.05) is 6.07 Å². The lowest BCUT2D eigenvalue weighted by molar-refractivity contribution is 0.171. The molecule has 0 fully saturated rings. The highest BCUT2D eigenvalue weighted by atomic mass is 32.2. The van der Waals surface area contributed by atoms with Crippen LogP contribution in [0.2, 0.25) is 0 Å². The molecular formula is C22H22N2O7S2. The van der Waals surface area contributed by atoms with Crippen molar-refractivity contribution in [3.63, 3.8) is 0 Å². The van der Waals surface area contributed by atoms with Gasteiger partial charge in [0.15, 0.2) is 11.5 Å². The normalized spacial score (nSPS) is 13.3. The molecule has 9 nitrogen and oxygen atoms in total. The van der Waals surface area contributed by atoms with Gasteiger partial charge in [-0.25, -0.2) is 16.8 Å². The average Bonchev–Trinajstić information content (AvgIpc) is 2.79. The zero-order valence-electron chi connectivity index (χ0n) is 17.9. The van der Waals surface area contributed by atoms with Gasteiger partial charge in [0.05, 0.1) is 22.6 Å². The number of methoxy groups -OCH3 is 1. The van der Waals surface area contributed by atoms with Crippen molar-refractivity contribution in [3.8, 4) is 17.2 Å². The van der Waals surface area contributed by atoms with Gasteiger partial charge in [-0.3, -0.25) is 9.44 Å². The maximum absolute atomic E-state index is 12.8. The summed E-state index contributed by atoms with van der Waals surface area (Å²) in [6, 6.07) is 14.8. The molecular weight excluding hydrogens is 468 g/mol. The highest BCUT2D eigenvalue weighted by molar-refractivity contribution is 7.93. The quantitative estimate of drug-likeness (QED) is 0.521. The number of anilines is 2. The van der Waals surface area contributed by atoms with Crippen molar-refractivity contribution in [2.75, 3.05) is 29.8 Å². The van der Waals surface area contributed by atoms with Crippen LogP contribution in [0.15, 0.2) is 70.5 Å². The van der Waals surface area contributed by atoms with E-state index in [0.29, 0.717) is 36.1 Å². The minimum Gasteiger partial charge on any atom is -0.495 e. The lowest BCUT2D eigenvalue weighted by atomic mass is 10.2. The van der Waals surface area contributed by atoms with Crippen LogP contribution in [0.5, 0.6) is 17.2 Å². The van der Waals surface area contributed by atoms with E-state index in [1.807, 2.05) is 6.92 Å². The number of rotatable bonds is 7. The van der Waals surface area contributed by atoms with Crippen LogP contribution < -0.4 is 23.7 Å². The first-order valence-electron chi connectivity index (χ1n) is 9.88. The van der Waals surface area contributed by atoms with E-state index >= 15 is 0 Å². The minimum absolute atomic E-state index is 0.00310. The van der Waals surface area contributed by atoms with Crippen molar-refractivity contribution in [3.05, 3.63) is 66.2 Å². The van der Waals surface area contributed by atoms with Gasteiger partial charge in [0.2, 0.25) is 0 Å². The minimum atomic E-state index is -3.92. The zero-order valence-corrected chi connectivity index (χ0v) is 19.5. The highest BCUT2D eigenvalue weighted by Gasteiger charge is 2.21. The standard InChI is InChI=1S/C22H22N2O7S2/c1-15-3-9-20(29-2)19(13-15)24-32(25,26)17-6-4-16(5-7-17)23-33(27,28)18-8-10-21-22(14-18)31-12-11-30-21/h3-10,13-14,23-24H,11-12H2,1-2H3. The molecule has 11 heteroatoms. The summed E-state index contributed by atoms with van der Waals surface area (Å²) in [5, 5.41) is 0. The second kappa shape index (κ2) is 8.83. The maximum atomic E-state index is 12.8. The number of ether oxygens (including phenoxy) is 3. The average molecular weight is 491 g/mol. The van der Waals surface area contributed by atoms with Gasteiger partial charge < -0.3 is 14.2 Å². The van der Waals surface area contributed by atoms with Crippen molar-refractivity contribution in [1.82, 2.24) is 0 Å². The maximum Gasteiger partial charge on any atom is 0.262 e. The Bertz CT molecular complexity index is 1390. The molecule has 0 spiro atoms. The molecule has 0 saturated heterocycles. The smallest absolute Gasteiger partial charge is 0.262 e. The van der Waals surface area contributed by atoms with Gasteiger partial charge in [0.1, 0.15) is 19.0 Å². The van der Waals surface area contributed by atoms with Crippen molar-refractivity contribution in [2.24, 2.45) is 0 Å². The Morgan fingerprint density at radius 3 is 2.09 bits per heavy atom. The van der Waals surface area contributed by atoms with E-state index in [1.165, 1.54) is 49.6 Å². The van der Waals surface area contributed by atoms with E-state index in [2.05, 4.69) is 9.44 Å². The highest BCUT2D eigenvalue weighted by Crippen LogP contribution is 2.33. The SMILES string of the molecule is COc1ccc(C)cc1NS(=O)(=O)c1ccc(NS(=O)(=O)c2ccc3c(c2)OCCO3)cc1. The van der Waals surface area contributed by atoms with E-state index in [-0.39, 0.29) is 15.5 Å². The zero-order chi connectivity index (χ0) is 23.6. The van der Waals surface area contributed by atoms with Crippen molar-refractivity contribution < 1.29 is 31.0 Å². The summed E-state index contributed by atoms with van der Waals surface area (Å²) in [5.74, 6) is 1.21. The van der Waals surface area contributed by atoms with Gasteiger partial charge in [0, 0.05) is 11.8 Å². The van der Waals surface area contributed by atoms with Crippen molar-refractivity contribution >= 4 is 31.4 Å². The third-order valence-electron chi connectivity index (χ3n) is 4.84. The first-order valence-corrected chi connectivity index (χ1v) is 12.8. The number of hydrogen-bond acceptors (Lipinski definition) is 7. The third-order valence-corrected chi connectivity index (χ3v) is 7.60. The Kier molecular flexibility index (Phi) is 6.09. The van der Waals surface area contributed by atoms with Crippen molar-refractivity contribution in [1.29, 1.82) is 0 Å². The van der Waals surface area contributed by atoms with Crippen LogP contribution in [0.4, 0.5) is 11.4 Å². The van der Waals surface area contributed by atoms with Crippen LogP contribution in [0.3, 0.4) is 0 Å². The second-order valence-electron chi connectivity index (χ2n) is 7.24. The summed E-state index contributed by atoms with van der Waals surface area (Å²) in [5.41, 5.74) is 1.37.